The van der Waals surface area contributed by atoms with E-state index >= 15 is 0 Å². The first kappa shape index (κ1) is 11.0. The molecule has 0 spiro atoms. The van der Waals surface area contributed by atoms with Crippen molar-refractivity contribution >= 4 is 0 Å². The van der Waals surface area contributed by atoms with E-state index in [0.29, 0.717) is 0 Å². The summed E-state index contributed by atoms with van der Waals surface area (Å²) in [6.45, 7) is 3.95. The van der Waals surface area contributed by atoms with E-state index in [2.05, 4.69) is 6.92 Å². The zero-order valence-corrected chi connectivity index (χ0v) is 9.86. The summed E-state index contributed by atoms with van der Waals surface area (Å²) >= 11 is 0. The number of aryl methyl sites for hydroxylation is 1. The highest BCUT2D eigenvalue weighted by molar-refractivity contribution is 5.40. The summed E-state index contributed by atoms with van der Waals surface area (Å²) in [5, 5.41) is 0. The number of nitrogens with two attached hydrogens (primary N) is 1. The number of hydrogen-bond donors (Lipinski definition) is 1. The van der Waals surface area contributed by atoms with Gasteiger partial charge in [-0.25, -0.2) is 0 Å². The maximum Gasteiger partial charge on any atom is 0.165 e. The van der Waals surface area contributed by atoms with Gasteiger partial charge in [0, 0.05) is 0 Å². The van der Waals surface area contributed by atoms with Gasteiger partial charge in [-0.3, -0.25) is 5.73 Å². The first-order valence-corrected chi connectivity index (χ1v) is 5.32. The molecule has 3 nitrogen and oxygen atoms in total. The lowest BCUT2D eigenvalue weighted by Crippen LogP contribution is -2.40. The second-order valence-electron chi connectivity index (χ2n) is 4.33. The lowest BCUT2D eigenvalue weighted by atomic mass is 9.88. The van der Waals surface area contributed by atoms with Crippen LogP contribution >= 0.6 is 0 Å². The molecule has 2 N–H and O–H groups in total. The molecule has 1 heterocycles. The Morgan fingerprint density at radius 2 is 2.19 bits per heavy atom. The predicted molar refractivity (Wildman–Crippen MR) is 63.3 cm³/mol. The summed E-state index contributed by atoms with van der Waals surface area (Å²) in [6.07, 6.45) is 3.67. The van der Waals surface area contributed by atoms with Crippen LogP contribution in [-0.2, 0) is 4.74 Å². The van der Waals surface area contributed by atoms with E-state index in [-0.39, 0.29) is 5.92 Å². The van der Waals surface area contributed by atoms with Crippen LogP contribution in [0.25, 0.3) is 0 Å². The maximum atomic E-state index is 6.08. The highest BCUT2D eigenvalue weighted by Gasteiger charge is 2.35. The summed E-state index contributed by atoms with van der Waals surface area (Å²) in [5.41, 5.74) is 7.77. The predicted octanol–water partition coefficient (Wildman–Crippen LogP) is 2.31. The van der Waals surface area contributed by atoms with Gasteiger partial charge in [-0.2, -0.15) is 0 Å². The van der Waals surface area contributed by atoms with Crippen LogP contribution < -0.4 is 10.5 Å². The normalized spacial score (nSPS) is 27.9. The molecule has 0 aliphatic carbocycles. The zero-order chi connectivity index (χ0) is 11.8. The van der Waals surface area contributed by atoms with Crippen LogP contribution in [0.1, 0.15) is 24.0 Å². The number of ether oxygens (including phenoxy) is 2. The first-order valence-electron chi connectivity index (χ1n) is 5.32. The summed E-state index contributed by atoms with van der Waals surface area (Å²) in [6, 6.07) is 6.01. The van der Waals surface area contributed by atoms with E-state index in [1.54, 1.807) is 13.4 Å². The molecule has 86 valence electrons. The number of benzene rings is 1. The van der Waals surface area contributed by atoms with Gasteiger partial charge in [0.25, 0.3) is 0 Å². The summed E-state index contributed by atoms with van der Waals surface area (Å²) < 4.78 is 10.6. The van der Waals surface area contributed by atoms with Crippen molar-refractivity contribution in [2.75, 3.05) is 7.11 Å². The molecule has 0 radical (unpaired) electrons. The molecule has 1 aromatic carbocycles. The van der Waals surface area contributed by atoms with Gasteiger partial charge in [0.1, 0.15) is 5.75 Å². The highest BCUT2D eigenvalue weighted by Crippen LogP contribution is 2.36. The maximum absolute atomic E-state index is 6.08. The molecule has 3 heteroatoms. The molecule has 0 amide bonds. The van der Waals surface area contributed by atoms with Crippen LogP contribution in [0.2, 0.25) is 0 Å². The summed E-state index contributed by atoms with van der Waals surface area (Å²) in [5.74, 6) is 0.960. The van der Waals surface area contributed by atoms with Crippen molar-refractivity contribution in [3.05, 3.63) is 41.7 Å². The molecule has 2 rings (SSSR count). The third-order valence-corrected chi connectivity index (χ3v) is 3.02. The summed E-state index contributed by atoms with van der Waals surface area (Å²) in [4.78, 5) is 0. The van der Waals surface area contributed by atoms with Gasteiger partial charge in [-0.05, 0) is 43.2 Å². The van der Waals surface area contributed by atoms with Crippen molar-refractivity contribution in [3.63, 3.8) is 0 Å². The van der Waals surface area contributed by atoms with Crippen molar-refractivity contribution in [2.45, 2.75) is 25.5 Å². The molecule has 0 aromatic heterocycles. The van der Waals surface area contributed by atoms with E-state index in [1.807, 2.05) is 31.2 Å². The molecule has 0 bridgehead atoms. The van der Waals surface area contributed by atoms with Crippen molar-refractivity contribution in [3.8, 4) is 5.75 Å². The SMILES string of the molecule is COc1ccc(C2C=COC2(C)N)c(C)c1. The fourth-order valence-corrected chi connectivity index (χ4v) is 2.07. The van der Waals surface area contributed by atoms with E-state index in [1.165, 1.54) is 5.56 Å². The average Bonchev–Trinajstić information content (AvgIpc) is 2.58. The van der Waals surface area contributed by atoms with Gasteiger partial charge in [0.15, 0.2) is 5.72 Å². The lowest BCUT2D eigenvalue weighted by molar-refractivity contribution is 0.0554. The fraction of sp³-hybridized carbons (Fsp3) is 0.385. The minimum Gasteiger partial charge on any atom is -0.497 e. The molecule has 0 fully saturated rings. The topological polar surface area (TPSA) is 44.5 Å². The van der Waals surface area contributed by atoms with Crippen molar-refractivity contribution in [1.29, 1.82) is 0 Å². The molecule has 1 aromatic rings. The first-order chi connectivity index (χ1) is 7.54. The Morgan fingerprint density at radius 1 is 1.44 bits per heavy atom. The molecular formula is C13H17NO2. The van der Waals surface area contributed by atoms with Crippen LogP contribution in [0.5, 0.6) is 5.75 Å². The third kappa shape index (κ3) is 1.78. The van der Waals surface area contributed by atoms with Crippen molar-refractivity contribution < 1.29 is 9.47 Å². The Balaban J connectivity index is 2.37. The van der Waals surface area contributed by atoms with Gasteiger partial charge >= 0.3 is 0 Å². The molecule has 0 saturated carbocycles. The van der Waals surface area contributed by atoms with Gasteiger partial charge in [0.05, 0.1) is 19.3 Å². The second-order valence-corrected chi connectivity index (χ2v) is 4.33. The fourth-order valence-electron chi connectivity index (χ4n) is 2.07. The average molecular weight is 219 g/mol. The molecule has 1 aliphatic rings. The molecule has 2 atom stereocenters. The second kappa shape index (κ2) is 3.83. The van der Waals surface area contributed by atoms with Gasteiger partial charge in [-0.1, -0.05) is 6.07 Å². The van der Waals surface area contributed by atoms with Crippen LogP contribution in [-0.4, -0.2) is 12.8 Å². The van der Waals surface area contributed by atoms with Gasteiger partial charge in [-0.15, -0.1) is 0 Å². The summed E-state index contributed by atoms with van der Waals surface area (Å²) in [7, 11) is 1.67. The number of rotatable bonds is 2. The minimum absolute atomic E-state index is 0.0957. The standard InChI is InChI=1S/C13H17NO2/c1-9-8-10(15-3)4-5-11(9)12-6-7-16-13(12,2)14/h4-8,12H,14H2,1-3H3. The van der Waals surface area contributed by atoms with Crippen LogP contribution in [0.4, 0.5) is 0 Å². The Morgan fingerprint density at radius 3 is 2.69 bits per heavy atom. The van der Waals surface area contributed by atoms with E-state index in [9.17, 15) is 0 Å². The molecule has 2 unspecified atom stereocenters. The van der Waals surface area contributed by atoms with Crippen molar-refractivity contribution in [1.82, 2.24) is 0 Å². The Bertz CT molecular complexity index is 424. The van der Waals surface area contributed by atoms with E-state index in [0.717, 1.165) is 11.3 Å². The third-order valence-electron chi connectivity index (χ3n) is 3.02. The highest BCUT2D eigenvalue weighted by atomic mass is 16.5. The number of methoxy groups -OCH3 is 1. The van der Waals surface area contributed by atoms with Crippen LogP contribution in [0.3, 0.4) is 0 Å². The van der Waals surface area contributed by atoms with E-state index in [4.69, 9.17) is 15.2 Å². The van der Waals surface area contributed by atoms with Gasteiger partial charge in [0.2, 0.25) is 0 Å². The van der Waals surface area contributed by atoms with E-state index < -0.39 is 5.72 Å². The zero-order valence-electron chi connectivity index (χ0n) is 9.86. The largest absolute Gasteiger partial charge is 0.497 e. The smallest absolute Gasteiger partial charge is 0.165 e. The number of hydrogen-bond acceptors (Lipinski definition) is 3. The Kier molecular flexibility index (Phi) is 2.64. The lowest BCUT2D eigenvalue weighted by Gasteiger charge is -2.27. The monoisotopic (exact) mass is 219 g/mol. The molecule has 16 heavy (non-hydrogen) atoms. The molecular weight excluding hydrogens is 202 g/mol. The Labute approximate surface area is 95.9 Å². The quantitative estimate of drug-likeness (QED) is 0.830. The Hall–Kier alpha value is -1.48. The minimum atomic E-state index is -0.653. The molecule has 1 aliphatic heterocycles. The van der Waals surface area contributed by atoms with Gasteiger partial charge < -0.3 is 9.47 Å². The van der Waals surface area contributed by atoms with Crippen molar-refractivity contribution in [2.24, 2.45) is 5.73 Å². The van der Waals surface area contributed by atoms with Crippen LogP contribution in [0, 0.1) is 6.92 Å². The molecule has 0 saturated heterocycles. The van der Waals surface area contributed by atoms with Crippen LogP contribution in [0.15, 0.2) is 30.5 Å².